The van der Waals surface area contributed by atoms with Crippen LogP contribution in [0, 0.1) is 12.7 Å². The molecular formula is C15H16FN5S. The second-order valence-electron chi connectivity index (χ2n) is 4.87. The van der Waals surface area contributed by atoms with Gasteiger partial charge in [0.15, 0.2) is 0 Å². The van der Waals surface area contributed by atoms with Crippen molar-refractivity contribution in [2.45, 2.75) is 25.4 Å². The first kappa shape index (κ1) is 14.8. The van der Waals surface area contributed by atoms with Crippen LogP contribution in [0.2, 0.25) is 0 Å². The minimum absolute atomic E-state index is 0.263. The molecule has 0 fully saturated rings. The van der Waals surface area contributed by atoms with Gasteiger partial charge in [-0.05, 0) is 37.6 Å². The second-order valence-corrected chi connectivity index (χ2v) is 5.93. The Morgan fingerprint density at radius 3 is 2.73 bits per heavy atom. The molecule has 1 aromatic carbocycles. The van der Waals surface area contributed by atoms with E-state index in [0.29, 0.717) is 10.9 Å². The van der Waals surface area contributed by atoms with Crippen molar-refractivity contribution >= 4 is 29.0 Å². The molecule has 7 heteroatoms. The maximum atomic E-state index is 13.0. The third kappa shape index (κ3) is 3.19. The SMILES string of the molecule is CCCSc1nc2nc(C)cc(Nc3ccc(F)cc3)n2n1. The Morgan fingerprint density at radius 1 is 1.23 bits per heavy atom. The lowest BCUT2D eigenvalue weighted by molar-refractivity contribution is 0.628. The molecule has 0 atom stereocenters. The van der Waals surface area contributed by atoms with E-state index in [1.165, 1.54) is 12.1 Å². The average molecular weight is 317 g/mol. The number of benzene rings is 1. The summed E-state index contributed by atoms with van der Waals surface area (Å²) in [6, 6.07) is 8.08. The van der Waals surface area contributed by atoms with E-state index < -0.39 is 0 Å². The molecule has 0 unspecified atom stereocenters. The van der Waals surface area contributed by atoms with E-state index in [1.54, 1.807) is 28.4 Å². The minimum Gasteiger partial charge on any atom is -0.340 e. The van der Waals surface area contributed by atoms with Crippen LogP contribution in [0.25, 0.3) is 5.78 Å². The van der Waals surface area contributed by atoms with Gasteiger partial charge < -0.3 is 5.32 Å². The molecule has 0 saturated heterocycles. The molecule has 0 bridgehead atoms. The normalized spacial score (nSPS) is 11.0. The van der Waals surface area contributed by atoms with Crippen molar-refractivity contribution in [2.75, 3.05) is 11.1 Å². The monoisotopic (exact) mass is 317 g/mol. The molecule has 2 heterocycles. The van der Waals surface area contributed by atoms with Gasteiger partial charge in [0.05, 0.1) is 0 Å². The molecule has 0 spiro atoms. The number of rotatable bonds is 5. The van der Waals surface area contributed by atoms with E-state index in [4.69, 9.17) is 0 Å². The Morgan fingerprint density at radius 2 is 2.00 bits per heavy atom. The van der Waals surface area contributed by atoms with Crippen molar-refractivity contribution in [1.82, 2.24) is 19.6 Å². The van der Waals surface area contributed by atoms with Crippen molar-refractivity contribution < 1.29 is 4.39 Å². The molecule has 0 aliphatic rings. The van der Waals surface area contributed by atoms with Crippen LogP contribution in [0.15, 0.2) is 35.5 Å². The van der Waals surface area contributed by atoms with Gasteiger partial charge in [-0.25, -0.2) is 9.37 Å². The lowest BCUT2D eigenvalue weighted by Crippen LogP contribution is -2.02. The van der Waals surface area contributed by atoms with E-state index in [0.717, 1.165) is 29.4 Å². The Hall–Kier alpha value is -2.15. The molecule has 1 N–H and O–H groups in total. The highest BCUT2D eigenvalue weighted by molar-refractivity contribution is 7.99. The fourth-order valence-corrected chi connectivity index (χ4v) is 2.67. The number of anilines is 2. The highest BCUT2D eigenvalue weighted by Gasteiger charge is 2.10. The Labute approximate surface area is 132 Å². The van der Waals surface area contributed by atoms with Crippen molar-refractivity contribution in [3.05, 3.63) is 41.8 Å². The topological polar surface area (TPSA) is 55.1 Å². The standard InChI is InChI=1S/C15H16FN5S/c1-3-8-22-15-19-14-17-10(2)9-13(21(14)20-15)18-12-6-4-11(16)5-7-12/h4-7,9,18H,3,8H2,1-2H3. The van der Waals surface area contributed by atoms with E-state index >= 15 is 0 Å². The molecule has 114 valence electrons. The van der Waals surface area contributed by atoms with Crippen LogP contribution in [-0.2, 0) is 0 Å². The third-order valence-electron chi connectivity index (χ3n) is 2.97. The Balaban J connectivity index is 1.96. The van der Waals surface area contributed by atoms with Crippen LogP contribution in [0.3, 0.4) is 0 Å². The lowest BCUT2D eigenvalue weighted by atomic mass is 10.3. The lowest BCUT2D eigenvalue weighted by Gasteiger charge is -2.08. The quantitative estimate of drug-likeness (QED) is 0.725. The molecular weight excluding hydrogens is 301 g/mol. The van der Waals surface area contributed by atoms with Gasteiger partial charge >= 0.3 is 0 Å². The number of aryl methyl sites for hydroxylation is 1. The summed E-state index contributed by atoms with van der Waals surface area (Å²) in [6.07, 6.45) is 1.06. The maximum Gasteiger partial charge on any atom is 0.255 e. The Bertz CT molecular complexity index is 784. The summed E-state index contributed by atoms with van der Waals surface area (Å²) in [5.74, 6) is 2.02. The molecule has 3 rings (SSSR count). The van der Waals surface area contributed by atoms with Gasteiger partial charge in [0.2, 0.25) is 5.16 Å². The smallest absolute Gasteiger partial charge is 0.255 e. The molecule has 22 heavy (non-hydrogen) atoms. The average Bonchev–Trinajstić information content (AvgIpc) is 2.90. The molecule has 0 saturated carbocycles. The highest BCUT2D eigenvalue weighted by atomic mass is 32.2. The van der Waals surface area contributed by atoms with E-state index in [1.807, 2.05) is 13.0 Å². The Kier molecular flexibility index (Phi) is 4.24. The van der Waals surface area contributed by atoms with E-state index in [2.05, 4.69) is 27.3 Å². The van der Waals surface area contributed by atoms with Crippen LogP contribution >= 0.6 is 11.8 Å². The van der Waals surface area contributed by atoms with Gasteiger partial charge in [-0.1, -0.05) is 18.7 Å². The minimum atomic E-state index is -0.263. The first-order valence-corrected chi connectivity index (χ1v) is 8.04. The van der Waals surface area contributed by atoms with Gasteiger partial charge in [0.1, 0.15) is 11.6 Å². The number of halogens is 1. The summed E-state index contributed by atoms with van der Waals surface area (Å²) in [4.78, 5) is 8.83. The molecule has 5 nitrogen and oxygen atoms in total. The predicted octanol–water partition coefficient (Wildman–Crippen LogP) is 3.82. The summed E-state index contributed by atoms with van der Waals surface area (Å²) in [6.45, 7) is 4.02. The van der Waals surface area contributed by atoms with E-state index in [-0.39, 0.29) is 5.82 Å². The summed E-state index contributed by atoms with van der Waals surface area (Å²) in [7, 11) is 0. The number of aromatic nitrogens is 4. The number of fused-ring (bicyclic) bond motifs is 1. The van der Waals surface area contributed by atoms with Gasteiger partial charge in [-0.15, -0.1) is 5.10 Å². The van der Waals surface area contributed by atoms with Crippen LogP contribution in [0.4, 0.5) is 15.9 Å². The molecule has 0 aliphatic heterocycles. The first-order chi connectivity index (χ1) is 10.7. The summed E-state index contributed by atoms with van der Waals surface area (Å²) in [5.41, 5.74) is 1.63. The number of thioether (sulfide) groups is 1. The van der Waals surface area contributed by atoms with Gasteiger partial charge in [-0.3, -0.25) is 0 Å². The predicted molar refractivity (Wildman–Crippen MR) is 86.2 cm³/mol. The largest absolute Gasteiger partial charge is 0.340 e. The summed E-state index contributed by atoms with van der Waals surface area (Å²) < 4.78 is 14.7. The van der Waals surface area contributed by atoms with Gasteiger partial charge in [-0.2, -0.15) is 9.50 Å². The number of nitrogens with one attached hydrogen (secondary N) is 1. The number of hydrogen-bond donors (Lipinski definition) is 1. The van der Waals surface area contributed by atoms with Crippen LogP contribution in [0.5, 0.6) is 0 Å². The van der Waals surface area contributed by atoms with Crippen molar-refractivity contribution in [2.24, 2.45) is 0 Å². The van der Waals surface area contributed by atoms with Crippen LogP contribution in [0.1, 0.15) is 19.0 Å². The van der Waals surface area contributed by atoms with E-state index in [9.17, 15) is 4.39 Å². The molecule has 0 aliphatic carbocycles. The number of hydrogen-bond acceptors (Lipinski definition) is 5. The van der Waals surface area contributed by atoms with Crippen LogP contribution < -0.4 is 5.32 Å². The zero-order valence-corrected chi connectivity index (χ0v) is 13.2. The zero-order chi connectivity index (χ0) is 15.5. The molecule has 2 aromatic heterocycles. The summed E-state index contributed by atoms with van der Waals surface area (Å²) >= 11 is 1.61. The fraction of sp³-hybridized carbons (Fsp3) is 0.267. The highest BCUT2D eigenvalue weighted by Crippen LogP contribution is 2.21. The van der Waals surface area contributed by atoms with Crippen LogP contribution in [-0.4, -0.2) is 25.3 Å². The third-order valence-corrected chi connectivity index (χ3v) is 4.02. The fourth-order valence-electron chi connectivity index (χ4n) is 1.99. The summed E-state index contributed by atoms with van der Waals surface area (Å²) in [5, 5.41) is 8.41. The molecule has 0 radical (unpaired) electrons. The van der Waals surface area contributed by atoms with Crippen molar-refractivity contribution in [3.8, 4) is 0 Å². The first-order valence-electron chi connectivity index (χ1n) is 7.05. The number of nitrogens with zero attached hydrogens (tertiary/aromatic N) is 4. The second kappa shape index (κ2) is 6.31. The maximum absolute atomic E-state index is 13.0. The zero-order valence-electron chi connectivity index (χ0n) is 12.4. The van der Waals surface area contributed by atoms with Crippen molar-refractivity contribution in [1.29, 1.82) is 0 Å². The van der Waals surface area contributed by atoms with Crippen molar-refractivity contribution in [3.63, 3.8) is 0 Å². The molecule has 0 amide bonds. The van der Waals surface area contributed by atoms with Gasteiger partial charge in [0, 0.05) is 23.2 Å². The van der Waals surface area contributed by atoms with Gasteiger partial charge in [0.25, 0.3) is 5.78 Å². The molecule has 3 aromatic rings.